The molecule has 0 saturated carbocycles. The van der Waals surface area contributed by atoms with E-state index in [4.69, 9.17) is 4.98 Å². The number of benzene rings is 1. The average molecular weight is 288 g/mol. The van der Waals surface area contributed by atoms with Crippen LogP contribution in [-0.4, -0.2) is 11.5 Å². The Hall–Kier alpha value is -1.19. The predicted octanol–water partition coefficient (Wildman–Crippen LogP) is 4.33. The maximum atomic E-state index is 4.86. The average Bonchev–Trinajstić information content (AvgIpc) is 2.78. The summed E-state index contributed by atoms with van der Waals surface area (Å²) in [6.07, 6.45) is 1.01. The van der Waals surface area contributed by atoms with Gasteiger partial charge >= 0.3 is 0 Å². The molecule has 0 saturated heterocycles. The monoisotopic (exact) mass is 288 g/mol. The molecule has 1 aromatic heterocycles. The van der Waals surface area contributed by atoms with Crippen LogP contribution in [0.15, 0.2) is 18.2 Å². The van der Waals surface area contributed by atoms with E-state index < -0.39 is 0 Å². The van der Waals surface area contributed by atoms with Crippen molar-refractivity contribution in [3.63, 3.8) is 0 Å². The number of nitrogens with zero attached hydrogens (tertiary/aromatic N) is 1. The summed E-state index contributed by atoms with van der Waals surface area (Å²) in [5, 5.41) is 4.80. The molecule has 2 nitrogen and oxygen atoms in total. The van der Waals surface area contributed by atoms with E-state index in [1.54, 1.807) is 0 Å². The molecule has 0 bridgehead atoms. The van der Waals surface area contributed by atoms with Gasteiger partial charge in [-0.25, -0.2) is 4.98 Å². The first-order chi connectivity index (χ1) is 9.58. The van der Waals surface area contributed by atoms with Gasteiger partial charge in [-0.05, 0) is 50.4 Å². The number of aryl methyl sites for hydroxylation is 4. The maximum absolute atomic E-state index is 4.86. The molecule has 1 atom stereocenters. The fourth-order valence-corrected chi connectivity index (χ4v) is 3.80. The van der Waals surface area contributed by atoms with Crippen LogP contribution in [-0.2, 0) is 6.42 Å². The van der Waals surface area contributed by atoms with Gasteiger partial charge in [0.05, 0.1) is 11.7 Å². The van der Waals surface area contributed by atoms with Crippen molar-refractivity contribution < 1.29 is 0 Å². The molecule has 0 fully saturated rings. The Labute approximate surface area is 126 Å². The van der Waals surface area contributed by atoms with Gasteiger partial charge in [-0.3, -0.25) is 0 Å². The first-order valence-corrected chi connectivity index (χ1v) is 8.15. The van der Waals surface area contributed by atoms with E-state index in [0.717, 1.165) is 13.0 Å². The Morgan fingerprint density at radius 3 is 2.30 bits per heavy atom. The molecule has 2 rings (SSSR count). The Morgan fingerprint density at radius 2 is 1.80 bits per heavy atom. The van der Waals surface area contributed by atoms with E-state index >= 15 is 0 Å². The van der Waals surface area contributed by atoms with Crippen LogP contribution in [0.25, 0.3) is 0 Å². The standard InChI is InChI=1S/C17H24N2S/c1-6-14-13(5)20-17(19-14)16(18-7-2)15-11(3)9-8-10-12(15)4/h8-10,16,18H,6-7H2,1-5H3. The second-order valence-electron chi connectivity index (χ2n) is 5.20. The lowest BCUT2D eigenvalue weighted by atomic mass is 9.96. The molecule has 3 heteroatoms. The zero-order valence-corrected chi connectivity index (χ0v) is 13.9. The van der Waals surface area contributed by atoms with Crippen molar-refractivity contribution in [1.29, 1.82) is 0 Å². The molecule has 1 N–H and O–H groups in total. The van der Waals surface area contributed by atoms with Crippen LogP contribution >= 0.6 is 11.3 Å². The minimum atomic E-state index is 0.213. The number of hydrogen-bond donors (Lipinski definition) is 1. The van der Waals surface area contributed by atoms with Crippen molar-refractivity contribution in [1.82, 2.24) is 10.3 Å². The molecule has 0 spiro atoms. The summed E-state index contributed by atoms with van der Waals surface area (Å²) in [6.45, 7) is 11.8. The van der Waals surface area contributed by atoms with Crippen molar-refractivity contribution in [3.05, 3.63) is 50.5 Å². The Morgan fingerprint density at radius 1 is 1.15 bits per heavy atom. The smallest absolute Gasteiger partial charge is 0.115 e. The molecule has 0 aliphatic rings. The second kappa shape index (κ2) is 6.51. The molecule has 0 amide bonds. The van der Waals surface area contributed by atoms with Crippen LogP contribution in [0.4, 0.5) is 0 Å². The maximum Gasteiger partial charge on any atom is 0.115 e. The van der Waals surface area contributed by atoms with Gasteiger partial charge in [0.1, 0.15) is 5.01 Å². The lowest BCUT2D eigenvalue weighted by Crippen LogP contribution is -2.23. The molecule has 20 heavy (non-hydrogen) atoms. The van der Waals surface area contributed by atoms with Gasteiger partial charge in [0.25, 0.3) is 0 Å². The predicted molar refractivity (Wildman–Crippen MR) is 87.7 cm³/mol. The minimum absolute atomic E-state index is 0.213. The highest BCUT2D eigenvalue weighted by Gasteiger charge is 2.21. The molecule has 108 valence electrons. The number of rotatable bonds is 5. The molecule has 1 aromatic carbocycles. The number of nitrogens with one attached hydrogen (secondary N) is 1. The Kier molecular flexibility index (Phi) is 4.95. The van der Waals surface area contributed by atoms with Gasteiger partial charge in [-0.2, -0.15) is 0 Å². The highest BCUT2D eigenvalue weighted by molar-refractivity contribution is 7.11. The number of aromatic nitrogens is 1. The van der Waals surface area contributed by atoms with E-state index in [2.05, 4.69) is 58.1 Å². The summed E-state index contributed by atoms with van der Waals surface area (Å²) in [5.74, 6) is 0. The minimum Gasteiger partial charge on any atom is -0.305 e. The number of thiazole rings is 1. The van der Waals surface area contributed by atoms with Crippen LogP contribution in [0, 0.1) is 20.8 Å². The summed E-state index contributed by atoms with van der Waals surface area (Å²) in [6, 6.07) is 6.72. The lowest BCUT2D eigenvalue weighted by Gasteiger charge is -2.20. The summed E-state index contributed by atoms with van der Waals surface area (Å²) >= 11 is 1.83. The van der Waals surface area contributed by atoms with Gasteiger partial charge in [0.2, 0.25) is 0 Å². The molecule has 0 radical (unpaired) electrons. The second-order valence-corrected chi connectivity index (χ2v) is 6.44. The normalized spacial score (nSPS) is 12.7. The third-order valence-electron chi connectivity index (χ3n) is 3.73. The topological polar surface area (TPSA) is 24.9 Å². The van der Waals surface area contributed by atoms with Gasteiger partial charge in [-0.15, -0.1) is 11.3 Å². The van der Waals surface area contributed by atoms with E-state index in [9.17, 15) is 0 Å². The summed E-state index contributed by atoms with van der Waals surface area (Å²) in [7, 11) is 0. The zero-order valence-electron chi connectivity index (χ0n) is 13.1. The Balaban J connectivity index is 2.50. The largest absolute Gasteiger partial charge is 0.305 e. The van der Waals surface area contributed by atoms with Crippen LogP contribution in [0.5, 0.6) is 0 Å². The van der Waals surface area contributed by atoms with Crippen LogP contribution in [0.3, 0.4) is 0 Å². The SMILES string of the molecule is CCNC(c1nc(CC)c(C)s1)c1c(C)cccc1C. The highest BCUT2D eigenvalue weighted by atomic mass is 32.1. The molecule has 0 aliphatic heterocycles. The van der Waals surface area contributed by atoms with E-state index in [0.29, 0.717) is 0 Å². The molecule has 0 aliphatic carbocycles. The highest BCUT2D eigenvalue weighted by Crippen LogP contribution is 2.31. The van der Waals surface area contributed by atoms with Crippen LogP contribution < -0.4 is 5.32 Å². The molecule has 1 unspecified atom stereocenters. The lowest BCUT2D eigenvalue weighted by molar-refractivity contribution is 0.619. The zero-order chi connectivity index (χ0) is 14.7. The fourth-order valence-electron chi connectivity index (χ4n) is 2.70. The van der Waals surface area contributed by atoms with Crippen molar-refractivity contribution in [2.75, 3.05) is 6.54 Å². The van der Waals surface area contributed by atoms with E-state index in [-0.39, 0.29) is 6.04 Å². The van der Waals surface area contributed by atoms with Crippen molar-refractivity contribution in [3.8, 4) is 0 Å². The third kappa shape index (κ3) is 2.94. The van der Waals surface area contributed by atoms with Gasteiger partial charge in [-0.1, -0.05) is 32.0 Å². The van der Waals surface area contributed by atoms with E-state index in [1.165, 1.54) is 32.3 Å². The Bertz CT molecular complexity index is 566. The summed E-state index contributed by atoms with van der Waals surface area (Å²) in [5.41, 5.74) is 5.29. The van der Waals surface area contributed by atoms with Gasteiger partial charge in [0, 0.05) is 4.88 Å². The first-order valence-electron chi connectivity index (χ1n) is 7.34. The van der Waals surface area contributed by atoms with Crippen LogP contribution in [0.1, 0.15) is 52.2 Å². The summed E-state index contributed by atoms with van der Waals surface area (Å²) < 4.78 is 0. The summed E-state index contributed by atoms with van der Waals surface area (Å²) in [4.78, 5) is 6.21. The van der Waals surface area contributed by atoms with Gasteiger partial charge in [0.15, 0.2) is 0 Å². The molecule has 1 heterocycles. The third-order valence-corrected chi connectivity index (χ3v) is 4.81. The quantitative estimate of drug-likeness (QED) is 0.886. The van der Waals surface area contributed by atoms with Crippen LogP contribution in [0.2, 0.25) is 0 Å². The number of hydrogen-bond acceptors (Lipinski definition) is 3. The van der Waals surface area contributed by atoms with Crippen molar-refractivity contribution >= 4 is 11.3 Å². The molecular formula is C17H24N2S. The first kappa shape index (κ1) is 15.2. The van der Waals surface area contributed by atoms with E-state index in [1.807, 2.05) is 11.3 Å². The van der Waals surface area contributed by atoms with Crippen molar-refractivity contribution in [2.45, 2.75) is 47.1 Å². The van der Waals surface area contributed by atoms with Crippen molar-refractivity contribution in [2.24, 2.45) is 0 Å². The molecule has 2 aromatic rings. The fraction of sp³-hybridized carbons (Fsp3) is 0.471. The van der Waals surface area contributed by atoms with Gasteiger partial charge < -0.3 is 5.32 Å². The molecular weight excluding hydrogens is 264 g/mol.